The second-order valence-corrected chi connectivity index (χ2v) is 6.01. The molecule has 4 aromatic rings. The van der Waals surface area contributed by atoms with Gasteiger partial charge >= 0.3 is 0 Å². The highest BCUT2D eigenvalue weighted by molar-refractivity contribution is 5.75. The van der Waals surface area contributed by atoms with Crippen molar-refractivity contribution in [1.82, 2.24) is 25.4 Å². The zero-order valence-corrected chi connectivity index (χ0v) is 14.9. The van der Waals surface area contributed by atoms with Gasteiger partial charge in [-0.25, -0.2) is 4.98 Å². The standard InChI is InChI=1S/C20H17N5O3/c26-17(6-7-18-24-20(25-28-18)15-8-10-21-11-9-15)22-13-19-23-12-16(27-19)14-4-2-1-3-5-14/h1-5,8-12H,6-7,13H2,(H,22,26). The Balaban J connectivity index is 1.26. The molecule has 0 atom stereocenters. The molecular formula is C20H17N5O3. The van der Waals surface area contributed by atoms with E-state index in [1.807, 2.05) is 30.3 Å². The summed E-state index contributed by atoms with van der Waals surface area (Å²) in [6, 6.07) is 13.3. The summed E-state index contributed by atoms with van der Waals surface area (Å²) in [6.07, 6.45) is 5.54. The van der Waals surface area contributed by atoms with Crippen molar-refractivity contribution in [2.24, 2.45) is 0 Å². The summed E-state index contributed by atoms with van der Waals surface area (Å²) in [6.45, 7) is 0.220. The van der Waals surface area contributed by atoms with Crippen LogP contribution in [0.5, 0.6) is 0 Å². The van der Waals surface area contributed by atoms with E-state index in [0.29, 0.717) is 29.8 Å². The van der Waals surface area contributed by atoms with Gasteiger partial charge in [0.05, 0.1) is 12.7 Å². The van der Waals surface area contributed by atoms with Crippen LogP contribution in [0.4, 0.5) is 0 Å². The van der Waals surface area contributed by atoms with E-state index in [1.165, 1.54) is 0 Å². The van der Waals surface area contributed by atoms with Gasteiger partial charge in [-0.2, -0.15) is 4.98 Å². The molecule has 0 saturated carbocycles. The fourth-order valence-electron chi connectivity index (χ4n) is 2.59. The average molecular weight is 375 g/mol. The first kappa shape index (κ1) is 17.6. The van der Waals surface area contributed by atoms with Gasteiger partial charge in [0.15, 0.2) is 5.76 Å². The minimum absolute atomic E-state index is 0.150. The van der Waals surface area contributed by atoms with Crippen molar-refractivity contribution in [3.63, 3.8) is 0 Å². The minimum atomic E-state index is -0.150. The minimum Gasteiger partial charge on any atom is -0.439 e. The maximum absolute atomic E-state index is 12.1. The Labute approximate surface area is 160 Å². The maximum Gasteiger partial charge on any atom is 0.227 e. The molecule has 0 fully saturated rings. The molecule has 1 N–H and O–H groups in total. The lowest BCUT2D eigenvalue weighted by atomic mass is 10.2. The molecule has 3 heterocycles. The molecule has 0 aliphatic heterocycles. The Morgan fingerprint density at radius 1 is 1.00 bits per heavy atom. The predicted molar refractivity (Wildman–Crippen MR) is 99.6 cm³/mol. The van der Waals surface area contributed by atoms with E-state index >= 15 is 0 Å². The number of pyridine rings is 1. The average Bonchev–Trinajstić information content (AvgIpc) is 3.42. The van der Waals surface area contributed by atoms with Crippen LogP contribution < -0.4 is 5.32 Å². The summed E-state index contributed by atoms with van der Waals surface area (Å²) in [5.41, 5.74) is 1.75. The van der Waals surface area contributed by atoms with Crippen LogP contribution in [-0.2, 0) is 17.8 Å². The van der Waals surface area contributed by atoms with Crippen molar-refractivity contribution < 1.29 is 13.7 Å². The third kappa shape index (κ3) is 4.29. The normalized spacial score (nSPS) is 10.7. The van der Waals surface area contributed by atoms with Crippen molar-refractivity contribution in [1.29, 1.82) is 0 Å². The second-order valence-electron chi connectivity index (χ2n) is 6.01. The number of amides is 1. The predicted octanol–water partition coefficient (Wildman–Crippen LogP) is 3.04. The number of benzene rings is 1. The molecule has 8 heteroatoms. The zero-order chi connectivity index (χ0) is 19.2. The van der Waals surface area contributed by atoms with Crippen molar-refractivity contribution in [2.45, 2.75) is 19.4 Å². The number of aromatic nitrogens is 4. The first-order valence-corrected chi connectivity index (χ1v) is 8.78. The quantitative estimate of drug-likeness (QED) is 0.529. The SMILES string of the molecule is O=C(CCc1nc(-c2ccncc2)no1)NCc1ncc(-c2ccccc2)o1. The zero-order valence-electron chi connectivity index (χ0n) is 14.9. The van der Waals surface area contributed by atoms with E-state index in [2.05, 4.69) is 25.4 Å². The molecule has 0 bridgehead atoms. The highest BCUT2D eigenvalue weighted by atomic mass is 16.5. The summed E-state index contributed by atoms with van der Waals surface area (Å²) in [5, 5.41) is 6.70. The summed E-state index contributed by atoms with van der Waals surface area (Å²) < 4.78 is 10.9. The molecule has 0 spiro atoms. The molecule has 28 heavy (non-hydrogen) atoms. The van der Waals surface area contributed by atoms with Crippen molar-refractivity contribution in [3.8, 4) is 22.7 Å². The fraction of sp³-hybridized carbons (Fsp3) is 0.150. The van der Waals surface area contributed by atoms with Crippen molar-refractivity contribution in [2.75, 3.05) is 0 Å². The molecule has 140 valence electrons. The summed E-state index contributed by atoms with van der Waals surface area (Å²) >= 11 is 0. The van der Waals surface area contributed by atoms with Crippen LogP contribution in [-0.4, -0.2) is 26.0 Å². The smallest absolute Gasteiger partial charge is 0.227 e. The van der Waals surface area contributed by atoms with Crippen LogP contribution in [0, 0.1) is 0 Å². The van der Waals surface area contributed by atoms with Gasteiger partial charge in [0.1, 0.15) is 0 Å². The Kier molecular flexibility index (Phi) is 5.19. The lowest BCUT2D eigenvalue weighted by Gasteiger charge is -2.01. The van der Waals surface area contributed by atoms with Gasteiger partial charge in [-0.3, -0.25) is 9.78 Å². The third-order valence-corrected chi connectivity index (χ3v) is 4.02. The van der Waals surface area contributed by atoms with Gasteiger partial charge in [0.25, 0.3) is 0 Å². The fourth-order valence-corrected chi connectivity index (χ4v) is 2.59. The Hall–Kier alpha value is -3.81. The number of carbonyl (C=O) groups is 1. The van der Waals surface area contributed by atoms with Crippen molar-refractivity contribution in [3.05, 3.63) is 72.8 Å². The molecule has 0 aliphatic rings. The second kappa shape index (κ2) is 8.26. The topological polar surface area (TPSA) is 107 Å². The van der Waals surface area contributed by atoms with Crippen LogP contribution in [0.2, 0.25) is 0 Å². The van der Waals surface area contributed by atoms with Gasteiger partial charge in [-0.05, 0) is 12.1 Å². The Bertz CT molecular complexity index is 960. The molecule has 0 saturated heterocycles. The molecule has 1 amide bonds. The highest BCUT2D eigenvalue weighted by Gasteiger charge is 2.12. The molecule has 0 unspecified atom stereocenters. The molecule has 4 rings (SSSR count). The molecular weight excluding hydrogens is 358 g/mol. The van der Waals surface area contributed by atoms with Crippen molar-refractivity contribution >= 4 is 5.91 Å². The van der Waals surface area contributed by atoms with Gasteiger partial charge in [0.2, 0.25) is 23.5 Å². The number of hydrogen-bond acceptors (Lipinski definition) is 7. The number of hydrogen-bond donors (Lipinski definition) is 1. The van der Waals surface area contributed by atoms with Crippen LogP contribution in [0.1, 0.15) is 18.2 Å². The third-order valence-electron chi connectivity index (χ3n) is 4.02. The molecule has 8 nitrogen and oxygen atoms in total. The first-order chi connectivity index (χ1) is 13.8. The van der Waals surface area contributed by atoms with Crippen LogP contribution in [0.15, 0.2) is 70.0 Å². The Morgan fingerprint density at radius 3 is 2.64 bits per heavy atom. The highest BCUT2D eigenvalue weighted by Crippen LogP contribution is 2.19. The van der Waals surface area contributed by atoms with Crippen LogP contribution >= 0.6 is 0 Å². The van der Waals surface area contributed by atoms with E-state index in [-0.39, 0.29) is 18.9 Å². The van der Waals surface area contributed by atoms with E-state index < -0.39 is 0 Å². The first-order valence-electron chi connectivity index (χ1n) is 8.78. The number of rotatable bonds is 7. The van der Waals surface area contributed by atoms with E-state index in [9.17, 15) is 4.79 Å². The van der Waals surface area contributed by atoms with Gasteiger partial charge in [-0.1, -0.05) is 35.5 Å². The largest absolute Gasteiger partial charge is 0.439 e. The maximum atomic E-state index is 12.1. The number of carbonyl (C=O) groups excluding carboxylic acids is 1. The van der Waals surface area contributed by atoms with Gasteiger partial charge in [-0.15, -0.1) is 0 Å². The van der Waals surface area contributed by atoms with Gasteiger partial charge < -0.3 is 14.3 Å². The summed E-state index contributed by atoms with van der Waals surface area (Å²) in [5.74, 6) is 1.85. The molecule has 3 aromatic heterocycles. The summed E-state index contributed by atoms with van der Waals surface area (Å²) in [4.78, 5) is 24.5. The number of nitrogens with one attached hydrogen (secondary N) is 1. The molecule has 1 aromatic carbocycles. The monoisotopic (exact) mass is 375 g/mol. The molecule has 0 aliphatic carbocycles. The number of aryl methyl sites for hydroxylation is 1. The number of oxazole rings is 1. The Morgan fingerprint density at radius 2 is 1.82 bits per heavy atom. The van der Waals surface area contributed by atoms with Crippen LogP contribution in [0.3, 0.4) is 0 Å². The number of nitrogens with zero attached hydrogens (tertiary/aromatic N) is 4. The van der Waals surface area contributed by atoms with E-state index in [0.717, 1.165) is 11.1 Å². The van der Waals surface area contributed by atoms with Gasteiger partial charge in [0, 0.05) is 36.4 Å². The molecule has 0 radical (unpaired) electrons. The summed E-state index contributed by atoms with van der Waals surface area (Å²) in [7, 11) is 0. The van der Waals surface area contributed by atoms with E-state index in [1.54, 1.807) is 30.7 Å². The lowest BCUT2D eigenvalue weighted by molar-refractivity contribution is -0.121. The van der Waals surface area contributed by atoms with Crippen LogP contribution in [0.25, 0.3) is 22.7 Å². The van der Waals surface area contributed by atoms with E-state index in [4.69, 9.17) is 8.94 Å². The lowest BCUT2D eigenvalue weighted by Crippen LogP contribution is -2.23.